The van der Waals surface area contributed by atoms with Crippen molar-refractivity contribution in [1.82, 2.24) is 25.5 Å². The molecule has 0 aliphatic heterocycles. The van der Waals surface area contributed by atoms with Gasteiger partial charge in [-0.2, -0.15) is 16.1 Å². The maximum atomic E-state index is 11.7. The maximum absolute atomic E-state index is 11.7. The SMILES string of the molecule is O=C(Cn1nnc(-c2ccsc2)n1)N[C@H](CCO)C(=O)O. The van der Waals surface area contributed by atoms with E-state index in [4.69, 9.17) is 10.2 Å². The number of aliphatic hydroxyl groups excluding tert-OH is 1. The van der Waals surface area contributed by atoms with Gasteiger partial charge in [-0.15, -0.1) is 10.2 Å². The number of hydrogen-bond acceptors (Lipinski definition) is 7. The zero-order valence-corrected chi connectivity index (χ0v) is 11.7. The van der Waals surface area contributed by atoms with E-state index >= 15 is 0 Å². The lowest BCUT2D eigenvalue weighted by molar-refractivity contribution is -0.142. The summed E-state index contributed by atoms with van der Waals surface area (Å²) in [6.45, 7) is -0.576. The van der Waals surface area contributed by atoms with E-state index in [0.717, 1.165) is 10.4 Å². The van der Waals surface area contributed by atoms with Crippen LogP contribution < -0.4 is 5.32 Å². The van der Waals surface area contributed by atoms with Gasteiger partial charge in [0.25, 0.3) is 0 Å². The number of carbonyl (C=O) groups excluding carboxylic acids is 1. The Balaban J connectivity index is 1.95. The van der Waals surface area contributed by atoms with Gasteiger partial charge < -0.3 is 15.5 Å². The minimum absolute atomic E-state index is 0.0635. The molecule has 0 saturated carbocycles. The lowest BCUT2D eigenvalue weighted by Gasteiger charge is -2.12. The molecule has 2 aromatic rings. The summed E-state index contributed by atoms with van der Waals surface area (Å²) in [5, 5.41) is 35.2. The number of aliphatic hydroxyl groups is 1. The minimum Gasteiger partial charge on any atom is -0.480 e. The van der Waals surface area contributed by atoms with Gasteiger partial charge in [-0.25, -0.2) is 4.79 Å². The topological polar surface area (TPSA) is 130 Å². The van der Waals surface area contributed by atoms with Crippen LogP contribution in [0.25, 0.3) is 11.4 Å². The van der Waals surface area contributed by atoms with Crippen molar-refractivity contribution in [2.24, 2.45) is 0 Å². The summed E-state index contributed by atoms with van der Waals surface area (Å²) >= 11 is 1.49. The van der Waals surface area contributed by atoms with Crippen molar-refractivity contribution < 1.29 is 19.8 Å². The highest BCUT2D eigenvalue weighted by atomic mass is 32.1. The Morgan fingerprint density at radius 1 is 1.48 bits per heavy atom. The summed E-state index contributed by atoms with van der Waals surface area (Å²) in [4.78, 5) is 23.7. The Kier molecular flexibility index (Phi) is 4.95. The molecule has 2 heterocycles. The van der Waals surface area contributed by atoms with Gasteiger partial charge in [-0.1, -0.05) is 0 Å². The first kappa shape index (κ1) is 15.1. The van der Waals surface area contributed by atoms with Crippen LogP contribution in [0.1, 0.15) is 6.42 Å². The second-order valence-electron chi connectivity index (χ2n) is 4.13. The molecule has 0 saturated heterocycles. The van der Waals surface area contributed by atoms with Crippen molar-refractivity contribution in [3.05, 3.63) is 16.8 Å². The van der Waals surface area contributed by atoms with Gasteiger partial charge in [-0.3, -0.25) is 4.79 Å². The Bertz CT molecular complexity index is 612. The molecule has 1 amide bonds. The van der Waals surface area contributed by atoms with Gasteiger partial charge in [0.2, 0.25) is 11.7 Å². The highest BCUT2D eigenvalue weighted by Crippen LogP contribution is 2.16. The largest absolute Gasteiger partial charge is 0.480 e. The second-order valence-corrected chi connectivity index (χ2v) is 4.91. The van der Waals surface area contributed by atoms with E-state index in [1.165, 1.54) is 11.3 Å². The summed E-state index contributed by atoms with van der Waals surface area (Å²) in [6, 6.07) is 0.690. The van der Waals surface area contributed by atoms with Crippen LogP contribution in [-0.2, 0) is 16.1 Å². The highest BCUT2D eigenvalue weighted by molar-refractivity contribution is 7.08. The zero-order chi connectivity index (χ0) is 15.2. The molecule has 21 heavy (non-hydrogen) atoms. The number of nitrogens with zero attached hydrogens (tertiary/aromatic N) is 4. The molecule has 9 nitrogen and oxygen atoms in total. The third kappa shape index (κ3) is 4.07. The van der Waals surface area contributed by atoms with Crippen molar-refractivity contribution in [2.75, 3.05) is 6.61 Å². The molecule has 0 fully saturated rings. The summed E-state index contributed by atoms with van der Waals surface area (Å²) in [7, 11) is 0. The second kappa shape index (κ2) is 6.90. The molecule has 10 heteroatoms. The molecule has 0 aliphatic rings. The molecule has 112 valence electrons. The first-order valence-corrected chi connectivity index (χ1v) is 6.98. The molecule has 0 aliphatic carbocycles. The van der Waals surface area contributed by atoms with Crippen molar-refractivity contribution in [3.63, 3.8) is 0 Å². The molecule has 2 rings (SSSR count). The molecule has 3 N–H and O–H groups in total. The number of carbonyl (C=O) groups is 2. The lowest BCUT2D eigenvalue weighted by Crippen LogP contribution is -2.43. The predicted molar refractivity (Wildman–Crippen MR) is 72.4 cm³/mol. The fourth-order valence-corrected chi connectivity index (χ4v) is 2.21. The number of aliphatic carboxylic acids is 1. The predicted octanol–water partition coefficient (Wildman–Crippen LogP) is -0.647. The van der Waals surface area contributed by atoms with Gasteiger partial charge in [0.1, 0.15) is 12.6 Å². The molecule has 0 unspecified atom stereocenters. The Hall–Kier alpha value is -2.33. The Morgan fingerprint density at radius 3 is 2.90 bits per heavy atom. The maximum Gasteiger partial charge on any atom is 0.326 e. The van der Waals surface area contributed by atoms with Gasteiger partial charge >= 0.3 is 5.97 Å². The fraction of sp³-hybridized carbons (Fsp3) is 0.364. The number of amides is 1. The van der Waals surface area contributed by atoms with Crippen LogP contribution in [0.15, 0.2) is 16.8 Å². The quantitative estimate of drug-likeness (QED) is 0.619. The van der Waals surface area contributed by atoms with Crippen LogP contribution >= 0.6 is 11.3 Å². The number of carboxylic acid groups (broad SMARTS) is 1. The van der Waals surface area contributed by atoms with Crippen LogP contribution in [0.2, 0.25) is 0 Å². The van der Waals surface area contributed by atoms with E-state index in [-0.39, 0.29) is 19.6 Å². The van der Waals surface area contributed by atoms with E-state index in [0.29, 0.717) is 5.82 Å². The normalized spacial score (nSPS) is 12.0. The molecule has 2 aromatic heterocycles. The number of tetrazole rings is 1. The van der Waals surface area contributed by atoms with E-state index in [1.54, 1.807) is 0 Å². The zero-order valence-electron chi connectivity index (χ0n) is 10.8. The van der Waals surface area contributed by atoms with Crippen molar-refractivity contribution in [2.45, 2.75) is 19.0 Å². The number of rotatable bonds is 7. The standard InChI is InChI=1S/C11H13N5O4S/c17-3-1-8(11(19)20)12-9(18)5-16-14-10(13-15-16)7-2-4-21-6-7/h2,4,6,8,17H,1,3,5H2,(H,12,18)(H,19,20)/t8-/m1/s1. The molecule has 1 atom stereocenters. The van der Waals surface area contributed by atoms with E-state index in [1.807, 2.05) is 16.8 Å². The fourth-order valence-electron chi connectivity index (χ4n) is 1.57. The van der Waals surface area contributed by atoms with Crippen molar-refractivity contribution >= 4 is 23.2 Å². The van der Waals surface area contributed by atoms with Crippen LogP contribution in [-0.4, -0.2) is 54.9 Å². The summed E-state index contributed by atoms with van der Waals surface area (Å²) < 4.78 is 0. The van der Waals surface area contributed by atoms with Crippen molar-refractivity contribution in [3.8, 4) is 11.4 Å². The lowest BCUT2D eigenvalue weighted by atomic mass is 10.2. The molecule has 0 spiro atoms. The molecule has 0 radical (unpaired) electrons. The minimum atomic E-state index is -1.21. The number of carboxylic acids is 1. The van der Waals surface area contributed by atoms with Crippen LogP contribution in [0, 0.1) is 0 Å². The number of nitrogens with one attached hydrogen (secondary N) is 1. The van der Waals surface area contributed by atoms with E-state index in [9.17, 15) is 9.59 Å². The summed E-state index contributed by atoms with van der Waals surface area (Å²) in [5.74, 6) is -1.37. The monoisotopic (exact) mass is 311 g/mol. The van der Waals surface area contributed by atoms with Gasteiger partial charge in [0.15, 0.2) is 0 Å². The molecule has 0 bridgehead atoms. The van der Waals surface area contributed by atoms with Crippen LogP contribution in [0.4, 0.5) is 0 Å². The Morgan fingerprint density at radius 2 is 2.29 bits per heavy atom. The molecular weight excluding hydrogens is 298 g/mol. The molecule has 0 aromatic carbocycles. The van der Waals surface area contributed by atoms with Crippen LogP contribution in [0.5, 0.6) is 0 Å². The number of thiophene rings is 1. The number of aromatic nitrogens is 4. The summed E-state index contributed by atoms with van der Waals surface area (Å²) in [6.07, 6.45) is -0.0635. The van der Waals surface area contributed by atoms with Gasteiger partial charge in [0, 0.05) is 24.0 Å². The average molecular weight is 311 g/mol. The molecular formula is C11H13N5O4S. The smallest absolute Gasteiger partial charge is 0.326 e. The first-order chi connectivity index (χ1) is 10.1. The average Bonchev–Trinajstić information content (AvgIpc) is 3.08. The third-order valence-corrected chi connectivity index (χ3v) is 3.25. The highest BCUT2D eigenvalue weighted by Gasteiger charge is 2.20. The van der Waals surface area contributed by atoms with Crippen LogP contribution in [0.3, 0.4) is 0 Å². The van der Waals surface area contributed by atoms with Gasteiger partial charge in [0.05, 0.1) is 0 Å². The third-order valence-electron chi connectivity index (χ3n) is 2.57. The summed E-state index contributed by atoms with van der Waals surface area (Å²) in [5.41, 5.74) is 0.801. The number of hydrogen-bond donors (Lipinski definition) is 3. The van der Waals surface area contributed by atoms with Crippen molar-refractivity contribution in [1.29, 1.82) is 0 Å². The Labute approximate surface area is 123 Å². The van der Waals surface area contributed by atoms with E-state index < -0.39 is 17.9 Å². The van der Waals surface area contributed by atoms with Gasteiger partial charge in [-0.05, 0) is 16.7 Å². The van der Waals surface area contributed by atoms with E-state index in [2.05, 4.69) is 20.7 Å². The first-order valence-electron chi connectivity index (χ1n) is 6.03.